The van der Waals surface area contributed by atoms with E-state index in [9.17, 15) is 4.79 Å². The Bertz CT molecular complexity index is 698. The molecular weight excluding hydrogens is 326 g/mol. The fraction of sp³-hybridized carbons (Fsp3) is 0.571. The highest BCUT2D eigenvalue weighted by Gasteiger charge is 2.34. The maximum atomic E-state index is 13.1. The molecule has 140 valence electrons. The van der Waals surface area contributed by atoms with E-state index < -0.39 is 0 Å². The first-order valence-electron chi connectivity index (χ1n) is 9.94. The normalized spacial score (nSPS) is 18.7. The Kier molecular flexibility index (Phi) is 6.42. The summed E-state index contributed by atoms with van der Waals surface area (Å²) in [6, 6.07) is 9.74. The van der Waals surface area contributed by atoms with E-state index in [1.165, 1.54) is 0 Å². The highest BCUT2D eigenvalue weighted by Crippen LogP contribution is 2.33. The van der Waals surface area contributed by atoms with Gasteiger partial charge in [-0.1, -0.05) is 62.2 Å². The van der Waals surface area contributed by atoms with Gasteiger partial charge < -0.3 is 9.42 Å². The molecule has 1 aromatic carbocycles. The van der Waals surface area contributed by atoms with E-state index in [0.29, 0.717) is 11.7 Å². The Morgan fingerprint density at radius 2 is 2.08 bits per heavy atom. The monoisotopic (exact) mass is 355 g/mol. The van der Waals surface area contributed by atoms with Crippen molar-refractivity contribution in [1.29, 1.82) is 0 Å². The lowest BCUT2D eigenvalue weighted by Gasteiger charge is -2.35. The fourth-order valence-corrected chi connectivity index (χ4v) is 3.71. The number of benzene rings is 1. The summed E-state index contributed by atoms with van der Waals surface area (Å²) in [5.41, 5.74) is 0.936. The van der Waals surface area contributed by atoms with Crippen molar-refractivity contribution >= 4 is 5.91 Å². The zero-order valence-corrected chi connectivity index (χ0v) is 15.9. The topological polar surface area (TPSA) is 59.2 Å². The minimum atomic E-state index is -0.0862. The molecule has 0 radical (unpaired) electrons. The number of nitrogens with zero attached hydrogens (tertiary/aromatic N) is 3. The van der Waals surface area contributed by atoms with Crippen LogP contribution in [0.1, 0.15) is 70.7 Å². The molecule has 0 bridgehead atoms. The van der Waals surface area contributed by atoms with Gasteiger partial charge in [-0.2, -0.15) is 4.98 Å². The second kappa shape index (κ2) is 8.97. The number of carbonyl (C=O) groups is 1. The van der Waals surface area contributed by atoms with Crippen LogP contribution in [0.2, 0.25) is 0 Å². The molecule has 0 aliphatic carbocycles. The maximum absolute atomic E-state index is 13.1. The zero-order valence-electron chi connectivity index (χ0n) is 15.9. The lowest BCUT2D eigenvalue weighted by molar-refractivity contribution is -0.140. The first kappa shape index (κ1) is 18.6. The molecule has 3 rings (SSSR count). The van der Waals surface area contributed by atoms with Crippen LogP contribution < -0.4 is 0 Å². The molecule has 5 nitrogen and oxygen atoms in total. The van der Waals surface area contributed by atoms with E-state index in [-0.39, 0.29) is 17.9 Å². The van der Waals surface area contributed by atoms with Gasteiger partial charge in [-0.05, 0) is 32.1 Å². The third kappa shape index (κ3) is 4.14. The standard InChI is InChI=1S/C21H29N3O2/c1-3-5-11-16(4-2)21(25)24-15-10-9-14-18(24)20-22-19(23-26-20)17-12-7-6-8-13-17/h6-8,12-13,16,18H,3-5,9-11,14-15H2,1-2H3. The summed E-state index contributed by atoms with van der Waals surface area (Å²) in [5, 5.41) is 4.15. The third-order valence-corrected chi connectivity index (χ3v) is 5.29. The molecular formula is C21H29N3O2. The first-order chi connectivity index (χ1) is 12.7. The van der Waals surface area contributed by atoms with Gasteiger partial charge in [0.2, 0.25) is 17.6 Å². The van der Waals surface area contributed by atoms with Gasteiger partial charge in [0, 0.05) is 18.0 Å². The van der Waals surface area contributed by atoms with Gasteiger partial charge in [0.25, 0.3) is 0 Å². The molecule has 1 aliphatic rings. The molecule has 1 fully saturated rings. The van der Waals surface area contributed by atoms with Gasteiger partial charge in [-0.15, -0.1) is 0 Å². The number of amides is 1. The number of piperidine rings is 1. The van der Waals surface area contributed by atoms with Crippen molar-refractivity contribution in [3.8, 4) is 11.4 Å². The molecule has 5 heteroatoms. The van der Waals surface area contributed by atoms with Crippen LogP contribution >= 0.6 is 0 Å². The van der Waals surface area contributed by atoms with Crippen LogP contribution in [0, 0.1) is 5.92 Å². The molecule has 26 heavy (non-hydrogen) atoms. The lowest BCUT2D eigenvalue weighted by atomic mass is 9.94. The van der Waals surface area contributed by atoms with E-state index in [4.69, 9.17) is 4.52 Å². The number of carbonyl (C=O) groups excluding carboxylic acids is 1. The summed E-state index contributed by atoms with van der Waals surface area (Å²) >= 11 is 0. The van der Waals surface area contributed by atoms with Crippen molar-refractivity contribution in [2.45, 2.75) is 64.8 Å². The molecule has 0 N–H and O–H groups in total. The van der Waals surface area contributed by atoms with E-state index in [1.54, 1.807) is 0 Å². The Morgan fingerprint density at radius 3 is 2.81 bits per heavy atom. The van der Waals surface area contributed by atoms with Gasteiger partial charge in [0.1, 0.15) is 6.04 Å². The molecule has 2 aromatic rings. The third-order valence-electron chi connectivity index (χ3n) is 5.29. The van der Waals surface area contributed by atoms with Crippen molar-refractivity contribution < 1.29 is 9.32 Å². The van der Waals surface area contributed by atoms with Crippen LogP contribution in [0.25, 0.3) is 11.4 Å². The Hall–Kier alpha value is -2.17. The minimum Gasteiger partial charge on any atom is -0.337 e. The molecule has 1 aromatic heterocycles. The zero-order chi connectivity index (χ0) is 18.4. The first-order valence-corrected chi connectivity index (χ1v) is 9.94. The number of hydrogen-bond acceptors (Lipinski definition) is 4. The van der Waals surface area contributed by atoms with Crippen molar-refractivity contribution in [3.63, 3.8) is 0 Å². The molecule has 2 unspecified atom stereocenters. The van der Waals surface area contributed by atoms with Gasteiger partial charge >= 0.3 is 0 Å². The summed E-state index contributed by atoms with van der Waals surface area (Å²) in [6.45, 7) is 5.07. The van der Waals surface area contributed by atoms with Gasteiger partial charge in [-0.3, -0.25) is 4.79 Å². The smallest absolute Gasteiger partial charge is 0.249 e. The van der Waals surface area contributed by atoms with Crippen LogP contribution in [0.5, 0.6) is 0 Å². The van der Waals surface area contributed by atoms with Crippen LogP contribution in [0.4, 0.5) is 0 Å². The summed E-state index contributed by atoms with van der Waals surface area (Å²) in [4.78, 5) is 19.7. The number of unbranched alkanes of at least 4 members (excludes halogenated alkanes) is 1. The van der Waals surface area contributed by atoms with Crippen LogP contribution in [0.15, 0.2) is 34.9 Å². The summed E-state index contributed by atoms with van der Waals surface area (Å²) < 4.78 is 5.58. The SMILES string of the molecule is CCCCC(CC)C(=O)N1CCCCC1c1nc(-c2ccccc2)no1. The molecule has 0 saturated carbocycles. The average molecular weight is 355 g/mol. The highest BCUT2D eigenvalue weighted by molar-refractivity contribution is 5.79. The highest BCUT2D eigenvalue weighted by atomic mass is 16.5. The van der Waals surface area contributed by atoms with Crippen molar-refractivity contribution in [2.24, 2.45) is 5.92 Å². The Labute approximate surface area is 155 Å². The van der Waals surface area contributed by atoms with E-state index in [0.717, 1.165) is 57.1 Å². The average Bonchev–Trinajstić information content (AvgIpc) is 3.19. The van der Waals surface area contributed by atoms with E-state index >= 15 is 0 Å². The van der Waals surface area contributed by atoms with Gasteiger partial charge in [-0.25, -0.2) is 0 Å². The van der Waals surface area contributed by atoms with E-state index in [2.05, 4.69) is 24.0 Å². The lowest BCUT2D eigenvalue weighted by Crippen LogP contribution is -2.42. The predicted octanol–water partition coefficient (Wildman–Crippen LogP) is 5.01. The molecule has 1 saturated heterocycles. The number of likely N-dealkylation sites (tertiary alicyclic amines) is 1. The second-order valence-electron chi connectivity index (χ2n) is 7.11. The molecule has 1 aliphatic heterocycles. The maximum Gasteiger partial charge on any atom is 0.249 e. The van der Waals surface area contributed by atoms with Crippen molar-refractivity contribution in [1.82, 2.24) is 15.0 Å². The second-order valence-corrected chi connectivity index (χ2v) is 7.11. The van der Waals surface area contributed by atoms with Crippen molar-refractivity contribution in [3.05, 3.63) is 36.2 Å². The van der Waals surface area contributed by atoms with Crippen molar-refractivity contribution in [2.75, 3.05) is 6.54 Å². The van der Waals surface area contributed by atoms with Crippen LogP contribution in [-0.2, 0) is 4.79 Å². The van der Waals surface area contributed by atoms with Gasteiger partial charge in [0.05, 0.1) is 0 Å². The molecule has 2 atom stereocenters. The quantitative estimate of drug-likeness (QED) is 0.701. The van der Waals surface area contributed by atoms with E-state index in [1.807, 2.05) is 35.2 Å². The number of rotatable bonds is 7. The molecule has 0 spiro atoms. The Morgan fingerprint density at radius 1 is 1.27 bits per heavy atom. The summed E-state index contributed by atoms with van der Waals surface area (Å²) in [6.07, 6.45) is 7.11. The largest absolute Gasteiger partial charge is 0.337 e. The van der Waals surface area contributed by atoms with Gasteiger partial charge in [0.15, 0.2) is 0 Å². The molecule has 2 heterocycles. The number of hydrogen-bond donors (Lipinski definition) is 0. The summed E-state index contributed by atoms with van der Waals surface area (Å²) in [5.74, 6) is 1.52. The minimum absolute atomic E-state index is 0.0862. The molecule has 1 amide bonds. The Balaban J connectivity index is 1.79. The summed E-state index contributed by atoms with van der Waals surface area (Å²) in [7, 11) is 0. The predicted molar refractivity (Wildman–Crippen MR) is 101 cm³/mol. The fourth-order valence-electron chi connectivity index (χ4n) is 3.71. The van der Waals surface area contributed by atoms with Crippen LogP contribution in [0.3, 0.4) is 0 Å². The number of aromatic nitrogens is 2. The van der Waals surface area contributed by atoms with Crippen LogP contribution in [-0.4, -0.2) is 27.5 Å².